The maximum Gasteiger partial charge on any atom is 0.273 e. The van der Waals surface area contributed by atoms with Gasteiger partial charge in [-0.3, -0.25) is 0 Å². The fraction of sp³-hybridized carbons (Fsp3) is 0.700. The van der Waals surface area contributed by atoms with Crippen LogP contribution in [0.5, 0.6) is 5.19 Å². The Bertz CT molecular complexity index is 260. The molecular weight excluding hydrogens is 196 g/mol. The van der Waals surface area contributed by atoms with Crippen molar-refractivity contribution in [1.29, 1.82) is 0 Å². The van der Waals surface area contributed by atoms with Crippen LogP contribution in [0, 0.1) is 5.92 Å². The van der Waals surface area contributed by atoms with Crippen LogP contribution in [0.3, 0.4) is 0 Å². The summed E-state index contributed by atoms with van der Waals surface area (Å²) in [4.78, 5) is 5.39. The van der Waals surface area contributed by atoms with E-state index in [0.29, 0.717) is 12.5 Å². The van der Waals surface area contributed by atoms with Gasteiger partial charge in [-0.15, -0.1) is 0 Å². The molecule has 0 bridgehead atoms. The summed E-state index contributed by atoms with van der Waals surface area (Å²) < 4.78 is 5.29. The van der Waals surface area contributed by atoms with E-state index in [0.717, 1.165) is 18.3 Å². The Hall–Kier alpha value is -0.610. The lowest BCUT2D eigenvalue weighted by molar-refractivity contribution is 0.338. The standard InChI is InChI=1S/C10H18N2OS/c1-4-13-10-12-7-9(14-10)6-11-5-8(2)3/h7-8,11H,4-6H2,1-3H3. The van der Waals surface area contributed by atoms with Crippen molar-refractivity contribution in [1.82, 2.24) is 10.3 Å². The second kappa shape index (κ2) is 5.98. The van der Waals surface area contributed by atoms with Crippen LogP contribution in [0.15, 0.2) is 6.20 Å². The minimum Gasteiger partial charge on any atom is -0.470 e. The fourth-order valence-corrected chi connectivity index (χ4v) is 1.83. The highest BCUT2D eigenvalue weighted by atomic mass is 32.1. The van der Waals surface area contributed by atoms with Gasteiger partial charge in [-0.1, -0.05) is 25.2 Å². The van der Waals surface area contributed by atoms with Crippen LogP contribution < -0.4 is 10.1 Å². The van der Waals surface area contributed by atoms with Crippen molar-refractivity contribution in [2.24, 2.45) is 5.92 Å². The van der Waals surface area contributed by atoms with Gasteiger partial charge in [0.05, 0.1) is 6.61 Å². The molecule has 3 nitrogen and oxygen atoms in total. The second-order valence-electron chi connectivity index (χ2n) is 3.55. The van der Waals surface area contributed by atoms with E-state index in [1.54, 1.807) is 11.3 Å². The van der Waals surface area contributed by atoms with Crippen LogP contribution in [0.2, 0.25) is 0 Å². The van der Waals surface area contributed by atoms with Gasteiger partial charge in [-0.25, -0.2) is 4.98 Å². The van der Waals surface area contributed by atoms with Gasteiger partial charge in [-0.2, -0.15) is 0 Å². The first kappa shape index (κ1) is 11.5. The van der Waals surface area contributed by atoms with E-state index >= 15 is 0 Å². The molecule has 80 valence electrons. The zero-order valence-electron chi connectivity index (χ0n) is 9.04. The number of nitrogens with zero attached hydrogens (tertiary/aromatic N) is 1. The summed E-state index contributed by atoms with van der Waals surface area (Å²) in [6.07, 6.45) is 1.88. The molecule has 0 amide bonds. The van der Waals surface area contributed by atoms with Crippen LogP contribution in [-0.2, 0) is 6.54 Å². The van der Waals surface area contributed by atoms with E-state index in [-0.39, 0.29) is 0 Å². The average Bonchev–Trinajstić information content (AvgIpc) is 2.53. The molecular formula is C10H18N2OS. The van der Waals surface area contributed by atoms with Crippen molar-refractivity contribution in [3.8, 4) is 5.19 Å². The van der Waals surface area contributed by atoms with Gasteiger partial charge >= 0.3 is 0 Å². The van der Waals surface area contributed by atoms with Crippen molar-refractivity contribution in [2.75, 3.05) is 13.2 Å². The minimum atomic E-state index is 0.687. The van der Waals surface area contributed by atoms with Gasteiger partial charge in [-0.05, 0) is 19.4 Å². The molecule has 1 heterocycles. The third-order valence-corrected chi connectivity index (χ3v) is 2.56. The highest BCUT2D eigenvalue weighted by Crippen LogP contribution is 2.19. The highest BCUT2D eigenvalue weighted by molar-refractivity contribution is 7.13. The molecule has 1 aromatic rings. The molecule has 0 saturated carbocycles. The van der Waals surface area contributed by atoms with Crippen molar-refractivity contribution in [3.05, 3.63) is 11.1 Å². The number of thiazole rings is 1. The smallest absolute Gasteiger partial charge is 0.273 e. The molecule has 0 aliphatic rings. The van der Waals surface area contributed by atoms with Crippen molar-refractivity contribution < 1.29 is 4.74 Å². The Labute approximate surface area is 89.5 Å². The molecule has 1 N–H and O–H groups in total. The summed E-state index contributed by atoms with van der Waals surface area (Å²) in [6.45, 7) is 8.99. The second-order valence-corrected chi connectivity index (χ2v) is 4.63. The maximum atomic E-state index is 5.29. The SMILES string of the molecule is CCOc1ncc(CNCC(C)C)s1. The molecule has 0 aromatic carbocycles. The molecule has 1 aromatic heterocycles. The molecule has 4 heteroatoms. The molecule has 0 atom stereocenters. The van der Waals surface area contributed by atoms with E-state index in [1.165, 1.54) is 4.88 Å². The number of ether oxygens (including phenoxy) is 1. The number of rotatable bonds is 6. The molecule has 0 saturated heterocycles. The Morgan fingerprint density at radius 2 is 2.36 bits per heavy atom. The van der Waals surface area contributed by atoms with E-state index < -0.39 is 0 Å². The normalized spacial score (nSPS) is 10.9. The number of aromatic nitrogens is 1. The highest BCUT2D eigenvalue weighted by Gasteiger charge is 2.01. The number of hydrogen-bond acceptors (Lipinski definition) is 4. The van der Waals surface area contributed by atoms with Gasteiger partial charge in [0.15, 0.2) is 0 Å². The Kier molecular flexibility index (Phi) is 4.90. The molecule has 14 heavy (non-hydrogen) atoms. The van der Waals surface area contributed by atoms with Crippen LogP contribution in [0.25, 0.3) is 0 Å². The summed E-state index contributed by atoms with van der Waals surface area (Å²) in [6, 6.07) is 0. The van der Waals surface area contributed by atoms with E-state index in [4.69, 9.17) is 4.74 Å². The van der Waals surface area contributed by atoms with Crippen LogP contribution in [0.4, 0.5) is 0 Å². The van der Waals surface area contributed by atoms with Gasteiger partial charge in [0, 0.05) is 17.6 Å². The van der Waals surface area contributed by atoms with Crippen LogP contribution in [-0.4, -0.2) is 18.1 Å². The molecule has 0 aliphatic heterocycles. The lowest BCUT2D eigenvalue weighted by atomic mass is 10.2. The summed E-state index contributed by atoms with van der Waals surface area (Å²) in [5, 5.41) is 4.14. The third-order valence-electron chi connectivity index (χ3n) is 1.65. The Balaban J connectivity index is 2.28. The largest absolute Gasteiger partial charge is 0.470 e. The van der Waals surface area contributed by atoms with Crippen LogP contribution in [0.1, 0.15) is 25.6 Å². The third kappa shape index (κ3) is 4.07. The monoisotopic (exact) mass is 214 g/mol. The first-order valence-electron chi connectivity index (χ1n) is 5.00. The van der Waals surface area contributed by atoms with Gasteiger partial charge in [0.25, 0.3) is 5.19 Å². The number of nitrogens with one attached hydrogen (secondary N) is 1. The Morgan fingerprint density at radius 3 is 3.00 bits per heavy atom. The summed E-state index contributed by atoms with van der Waals surface area (Å²) in [5.74, 6) is 0.689. The predicted octanol–water partition coefficient (Wildman–Crippen LogP) is 2.29. The zero-order valence-corrected chi connectivity index (χ0v) is 9.86. The molecule has 0 fully saturated rings. The molecule has 0 aliphatic carbocycles. The first-order chi connectivity index (χ1) is 6.72. The molecule has 0 unspecified atom stereocenters. The quantitative estimate of drug-likeness (QED) is 0.789. The molecule has 0 spiro atoms. The minimum absolute atomic E-state index is 0.687. The zero-order chi connectivity index (χ0) is 10.4. The number of hydrogen-bond donors (Lipinski definition) is 1. The fourth-order valence-electron chi connectivity index (χ4n) is 1.05. The summed E-state index contributed by atoms with van der Waals surface area (Å²) >= 11 is 1.61. The lowest BCUT2D eigenvalue weighted by Crippen LogP contribution is -2.18. The van der Waals surface area contributed by atoms with Crippen LogP contribution >= 0.6 is 11.3 Å². The van der Waals surface area contributed by atoms with Gasteiger partial charge < -0.3 is 10.1 Å². The van der Waals surface area contributed by atoms with Crippen molar-refractivity contribution >= 4 is 11.3 Å². The maximum absolute atomic E-state index is 5.29. The van der Waals surface area contributed by atoms with E-state index in [2.05, 4.69) is 24.1 Å². The van der Waals surface area contributed by atoms with Gasteiger partial charge in [0.1, 0.15) is 0 Å². The van der Waals surface area contributed by atoms with Crippen molar-refractivity contribution in [3.63, 3.8) is 0 Å². The average molecular weight is 214 g/mol. The van der Waals surface area contributed by atoms with E-state index in [9.17, 15) is 0 Å². The van der Waals surface area contributed by atoms with Crippen molar-refractivity contribution in [2.45, 2.75) is 27.3 Å². The summed E-state index contributed by atoms with van der Waals surface area (Å²) in [5.41, 5.74) is 0. The van der Waals surface area contributed by atoms with Gasteiger partial charge in [0.2, 0.25) is 0 Å². The lowest BCUT2D eigenvalue weighted by Gasteiger charge is -2.04. The topological polar surface area (TPSA) is 34.1 Å². The molecule has 0 radical (unpaired) electrons. The predicted molar refractivity (Wildman–Crippen MR) is 59.8 cm³/mol. The summed E-state index contributed by atoms with van der Waals surface area (Å²) in [7, 11) is 0. The Morgan fingerprint density at radius 1 is 1.57 bits per heavy atom. The molecule has 1 rings (SSSR count). The van der Waals surface area contributed by atoms with E-state index in [1.807, 2.05) is 13.1 Å². The first-order valence-corrected chi connectivity index (χ1v) is 5.82.